The van der Waals surface area contributed by atoms with E-state index < -0.39 is 0 Å². The Morgan fingerprint density at radius 2 is 2.19 bits per heavy atom. The van der Waals surface area contributed by atoms with E-state index in [0.29, 0.717) is 5.69 Å². The van der Waals surface area contributed by atoms with Crippen molar-refractivity contribution < 1.29 is 4.79 Å². The van der Waals surface area contributed by atoms with Crippen molar-refractivity contribution in [1.82, 2.24) is 20.0 Å². The zero-order valence-electron chi connectivity index (χ0n) is 8.35. The Labute approximate surface area is 92.9 Å². The zero-order chi connectivity index (χ0) is 10.6. The number of amides is 1. The third kappa shape index (κ3) is 1.09. The van der Waals surface area contributed by atoms with E-state index in [-0.39, 0.29) is 13.3 Å². The van der Waals surface area contributed by atoms with Crippen LogP contribution in [-0.2, 0) is 0 Å². The average molecular weight is 219 g/mol. The van der Waals surface area contributed by atoms with Gasteiger partial charge in [-0.05, 0) is 13.0 Å². The van der Waals surface area contributed by atoms with E-state index in [1.165, 1.54) is 6.33 Å². The van der Waals surface area contributed by atoms with Crippen LogP contribution < -0.4 is 10.4 Å². The number of nitrogens with zero attached hydrogens (tertiary/aromatic N) is 4. The molecule has 1 N–H and O–H groups in total. The molecule has 0 radical (unpaired) electrons. The van der Waals surface area contributed by atoms with Gasteiger partial charge in [-0.15, -0.1) is 0 Å². The van der Waals surface area contributed by atoms with Gasteiger partial charge in [-0.25, -0.2) is 9.50 Å². The van der Waals surface area contributed by atoms with Crippen LogP contribution in [0.15, 0.2) is 12.4 Å². The molecule has 6 nitrogen and oxygen atoms in total. The van der Waals surface area contributed by atoms with E-state index in [9.17, 15) is 4.79 Å². The fourth-order valence-corrected chi connectivity index (χ4v) is 1.87. The molecule has 0 unspecified atom stereocenters. The third-order valence-corrected chi connectivity index (χ3v) is 2.56. The van der Waals surface area contributed by atoms with Gasteiger partial charge in [0.2, 0.25) is 0 Å². The first-order chi connectivity index (χ1) is 7.18. The fraction of sp³-hybridized carbons (Fsp3) is 0.300. The Bertz CT molecular complexity index is 574. The van der Waals surface area contributed by atoms with Crippen molar-refractivity contribution in [1.29, 1.82) is 0 Å². The maximum atomic E-state index is 11.6. The lowest BCUT2D eigenvalue weighted by molar-refractivity contribution is 0.0944. The summed E-state index contributed by atoms with van der Waals surface area (Å²) in [6.45, 7) is 1.94. The number of hydrogen-bond acceptors (Lipinski definition) is 4. The third-order valence-electron chi connectivity index (χ3n) is 2.56. The number of hydrazine groups is 1. The molecular formula is C10H13N5O. The highest BCUT2D eigenvalue weighted by Crippen LogP contribution is 2.28. The predicted molar refractivity (Wildman–Crippen MR) is 60.3 cm³/mol. The van der Waals surface area contributed by atoms with Crippen molar-refractivity contribution in [2.24, 2.45) is 0 Å². The van der Waals surface area contributed by atoms with Gasteiger partial charge in [-0.1, -0.05) is 7.43 Å². The molecule has 3 rings (SSSR count). The number of carbonyl (C=O) groups is 1. The molecule has 0 bridgehead atoms. The molecule has 6 heteroatoms. The van der Waals surface area contributed by atoms with E-state index >= 15 is 0 Å². The Kier molecular flexibility index (Phi) is 2.08. The van der Waals surface area contributed by atoms with Gasteiger partial charge in [0.25, 0.3) is 5.91 Å². The number of aryl methyl sites for hydroxylation is 1. The van der Waals surface area contributed by atoms with Gasteiger partial charge in [0.05, 0.1) is 5.69 Å². The fourth-order valence-electron chi connectivity index (χ4n) is 1.87. The van der Waals surface area contributed by atoms with E-state index in [1.807, 2.05) is 13.0 Å². The second-order valence-electron chi connectivity index (χ2n) is 3.54. The molecular weight excluding hydrogens is 206 g/mol. The largest absolute Gasteiger partial charge is 0.290 e. The molecule has 84 valence electrons. The molecule has 2 aromatic heterocycles. The molecule has 0 fully saturated rings. The Hall–Kier alpha value is -2.11. The number of nitrogens with one attached hydrogen (secondary N) is 1. The van der Waals surface area contributed by atoms with E-state index in [2.05, 4.69) is 15.5 Å². The first-order valence-electron chi connectivity index (χ1n) is 4.56. The lowest BCUT2D eigenvalue weighted by atomic mass is 10.2. The average Bonchev–Trinajstić information content (AvgIpc) is 2.55. The van der Waals surface area contributed by atoms with Gasteiger partial charge < -0.3 is 0 Å². The maximum Gasteiger partial charge on any atom is 0.290 e. The molecule has 1 aliphatic rings. The SMILES string of the molecule is C.Cc1cc2c3c(ncnn13)C(=O)NN2C. The minimum Gasteiger partial charge on any atom is -0.286 e. The molecule has 0 aliphatic carbocycles. The van der Waals surface area contributed by atoms with Crippen molar-refractivity contribution in [2.75, 3.05) is 12.1 Å². The van der Waals surface area contributed by atoms with Gasteiger partial charge in [-0.2, -0.15) is 5.10 Å². The molecule has 1 amide bonds. The molecule has 0 aromatic carbocycles. The highest BCUT2D eigenvalue weighted by atomic mass is 16.2. The summed E-state index contributed by atoms with van der Waals surface area (Å²) in [4.78, 5) is 15.6. The monoisotopic (exact) mass is 219 g/mol. The van der Waals surface area contributed by atoms with E-state index in [4.69, 9.17) is 0 Å². The number of carbonyl (C=O) groups excluding carboxylic acids is 1. The maximum absolute atomic E-state index is 11.6. The van der Waals surface area contributed by atoms with Gasteiger partial charge in [-0.3, -0.25) is 15.2 Å². The minimum atomic E-state index is -0.199. The van der Waals surface area contributed by atoms with Gasteiger partial charge in [0, 0.05) is 12.7 Å². The summed E-state index contributed by atoms with van der Waals surface area (Å²) in [5, 5.41) is 5.79. The van der Waals surface area contributed by atoms with Crippen molar-refractivity contribution >= 4 is 17.1 Å². The minimum absolute atomic E-state index is 0. The van der Waals surface area contributed by atoms with Crippen LogP contribution >= 0.6 is 0 Å². The molecule has 16 heavy (non-hydrogen) atoms. The molecule has 3 heterocycles. The summed E-state index contributed by atoms with van der Waals surface area (Å²) < 4.78 is 1.73. The molecule has 0 spiro atoms. The molecule has 0 saturated carbocycles. The normalized spacial score (nSPS) is 13.6. The summed E-state index contributed by atoms with van der Waals surface area (Å²) >= 11 is 0. The van der Waals surface area contributed by atoms with Crippen LogP contribution in [0.3, 0.4) is 0 Å². The lowest BCUT2D eigenvalue weighted by Gasteiger charge is -2.23. The van der Waals surface area contributed by atoms with Crippen LogP contribution in [0.2, 0.25) is 0 Å². The topological polar surface area (TPSA) is 62.5 Å². The van der Waals surface area contributed by atoms with Crippen molar-refractivity contribution in [3.05, 3.63) is 23.8 Å². The van der Waals surface area contributed by atoms with Gasteiger partial charge in [0.15, 0.2) is 5.69 Å². The summed E-state index contributed by atoms with van der Waals surface area (Å²) in [5.74, 6) is -0.199. The van der Waals surface area contributed by atoms with E-state index in [0.717, 1.165) is 16.9 Å². The van der Waals surface area contributed by atoms with Crippen molar-refractivity contribution in [2.45, 2.75) is 14.4 Å². The summed E-state index contributed by atoms with van der Waals surface area (Å²) in [5.41, 5.74) is 5.78. The van der Waals surface area contributed by atoms with Crippen molar-refractivity contribution in [3.63, 3.8) is 0 Å². The van der Waals surface area contributed by atoms with Crippen LogP contribution in [0.25, 0.3) is 5.52 Å². The number of anilines is 1. The molecule has 0 saturated heterocycles. The van der Waals surface area contributed by atoms with Crippen LogP contribution in [-0.4, -0.2) is 27.6 Å². The summed E-state index contributed by atoms with van der Waals surface area (Å²) in [7, 11) is 1.79. The van der Waals surface area contributed by atoms with Crippen molar-refractivity contribution in [3.8, 4) is 0 Å². The Balaban J connectivity index is 0.000000963. The zero-order valence-corrected chi connectivity index (χ0v) is 8.35. The standard InChI is InChI=1S/C9H9N5O.CH4/c1-5-3-6-8-7(9(15)12-13(6)2)10-4-11-14(5)8;/h3-4H,1-2H3,(H,12,15);1H4. The number of aromatic nitrogens is 3. The first-order valence-corrected chi connectivity index (χ1v) is 4.56. The number of hydrogen-bond donors (Lipinski definition) is 1. The molecule has 1 aliphatic heterocycles. The van der Waals surface area contributed by atoms with Gasteiger partial charge in [0.1, 0.15) is 11.8 Å². The molecule has 0 atom stereocenters. The predicted octanol–water partition coefficient (Wildman–Crippen LogP) is 0.768. The highest BCUT2D eigenvalue weighted by Gasteiger charge is 2.25. The second kappa shape index (κ2) is 3.19. The lowest BCUT2D eigenvalue weighted by Crippen LogP contribution is -2.42. The Morgan fingerprint density at radius 1 is 1.44 bits per heavy atom. The quantitative estimate of drug-likeness (QED) is 0.710. The van der Waals surface area contributed by atoms with Gasteiger partial charge >= 0.3 is 0 Å². The second-order valence-corrected chi connectivity index (χ2v) is 3.54. The summed E-state index contributed by atoms with van der Waals surface area (Å²) in [6.07, 6.45) is 1.39. The van der Waals surface area contributed by atoms with Crippen LogP contribution in [0.4, 0.5) is 5.69 Å². The van der Waals surface area contributed by atoms with E-state index in [1.54, 1.807) is 16.6 Å². The van der Waals surface area contributed by atoms with Crippen LogP contribution in [0.5, 0.6) is 0 Å². The Morgan fingerprint density at radius 3 is 2.94 bits per heavy atom. The van der Waals surface area contributed by atoms with Crippen LogP contribution in [0, 0.1) is 6.92 Å². The van der Waals surface area contributed by atoms with Crippen LogP contribution in [0.1, 0.15) is 23.6 Å². The summed E-state index contributed by atoms with van der Waals surface area (Å²) in [6, 6.07) is 1.97. The first kappa shape index (κ1) is 10.4. The molecule has 2 aromatic rings. The highest BCUT2D eigenvalue weighted by molar-refractivity contribution is 6.06. The smallest absolute Gasteiger partial charge is 0.286 e. The number of rotatable bonds is 0.